The standard InChI is InChI=1S/C40H28N2S/c1-25-9-8-14-33-29-19-17-26(23-34(29)28-10-2-3-13-32(28)40(25)33)38-21-22-39(43-38)35-20-18-27(24-41-35)42-36-15-6-4-11-30(36)31-12-5-7-16-37(31)42/h2-8,10-25H,9H2,1H3. The van der Waals surface area contributed by atoms with Crippen molar-refractivity contribution in [3.63, 3.8) is 0 Å². The van der Waals surface area contributed by atoms with Gasteiger partial charge < -0.3 is 4.57 Å². The van der Waals surface area contributed by atoms with Gasteiger partial charge in [0, 0.05) is 15.6 Å². The quantitative estimate of drug-likeness (QED) is 0.194. The summed E-state index contributed by atoms with van der Waals surface area (Å²) in [7, 11) is 0. The molecule has 8 aromatic rings. The van der Waals surface area contributed by atoms with Crippen LogP contribution in [-0.2, 0) is 0 Å². The van der Waals surface area contributed by atoms with Crippen LogP contribution < -0.4 is 0 Å². The molecule has 43 heavy (non-hydrogen) atoms. The smallest absolute Gasteiger partial charge is 0.0803 e. The zero-order chi connectivity index (χ0) is 28.5. The van der Waals surface area contributed by atoms with Crippen LogP contribution in [0, 0.1) is 0 Å². The number of fused-ring (bicyclic) bond motifs is 9. The van der Waals surface area contributed by atoms with Gasteiger partial charge in [-0.05, 0) is 93.0 Å². The van der Waals surface area contributed by atoms with Crippen LogP contribution in [0.2, 0.25) is 0 Å². The molecule has 204 valence electrons. The molecule has 5 aromatic carbocycles. The number of hydrogen-bond acceptors (Lipinski definition) is 2. The molecule has 3 heterocycles. The largest absolute Gasteiger partial charge is 0.308 e. The summed E-state index contributed by atoms with van der Waals surface area (Å²) in [5.41, 5.74) is 8.61. The predicted octanol–water partition coefficient (Wildman–Crippen LogP) is 11.4. The molecule has 9 rings (SSSR count). The van der Waals surface area contributed by atoms with Crippen LogP contribution in [0.15, 0.2) is 128 Å². The Hall–Kier alpha value is -4.99. The molecule has 0 saturated heterocycles. The van der Waals surface area contributed by atoms with Gasteiger partial charge in [0.25, 0.3) is 0 Å². The van der Waals surface area contributed by atoms with Crippen molar-refractivity contribution < 1.29 is 0 Å². The lowest BCUT2D eigenvalue weighted by molar-refractivity contribution is 0.781. The molecule has 2 nitrogen and oxygen atoms in total. The normalized spacial score (nSPS) is 14.7. The van der Waals surface area contributed by atoms with E-state index in [1.54, 1.807) is 0 Å². The van der Waals surface area contributed by atoms with Gasteiger partial charge >= 0.3 is 0 Å². The minimum Gasteiger partial charge on any atom is -0.308 e. The lowest BCUT2D eigenvalue weighted by atomic mass is 9.81. The first-order valence-corrected chi connectivity index (χ1v) is 15.8. The van der Waals surface area contributed by atoms with E-state index in [9.17, 15) is 0 Å². The molecule has 1 atom stereocenters. The molecule has 0 radical (unpaired) electrons. The highest BCUT2D eigenvalue weighted by atomic mass is 32.1. The van der Waals surface area contributed by atoms with E-state index in [1.807, 2.05) is 17.5 Å². The van der Waals surface area contributed by atoms with Crippen molar-refractivity contribution >= 4 is 60.8 Å². The van der Waals surface area contributed by atoms with Gasteiger partial charge in [-0.25, -0.2) is 0 Å². The molecule has 1 aliphatic carbocycles. The summed E-state index contributed by atoms with van der Waals surface area (Å²) in [4.78, 5) is 7.39. The molecule has 3 heteroatoms. The van der Waals surface area contributed by atoms with E-state index in [-0.39, 0.29) is 0 Å². The number of thiophene rings is 1. The molecule has 0 saturated carbocycles. The summed E-state index contributed by atoms with van der Waals surface area (Å²) in [6, 6.07) is 41.9. The molecule has 0 N–H and O–H groups in total. The maximum absolute atomic E-state index is 4.95. The van der Waals surface area contributed by atoms with E-state index in [1.165, 1.54) is 69.8 Å². The Morgan fingerprint density at radius 1 is 0.651 bits per heavy atom. The molecular weight excluding hydrogens is 541 g/mol. The van der Waals surface area contributed by atoms with Crippen LogP contribution in [0.3, 0.4) is 0 Å². The average molecular weight is 569 g/mol. The maximum Gasteiger partial charge on any atom is 0.0803 e. The summed E-state index contributed by atoms with van der Waals surface area (Å²) < 4.78 is 2.31. The van der Waals surface area contributed by atoms with Gasteiger partial charge in [-0.1, -0.05) is 91.9 Å². The van der Waals surface area contributed by atoms with Crippen molar-refractivity contribution in [2.75, 3.05) is 0 Å². The minimum absolute atomic E-state index is 0.530. The number of aromatic nitrogens is 2. The lowest BCUT2D eigenvalue weighted by Crippen LogP contribution is -2.02. The summed E-state index contributed by atoms with van der Waals surface area (Å²) in [6.07, 6.45) is 7.78. The molecule has 0 fully saturated rings. The van der Waals surface area contributed by atoms with Crippen molar-refractivity contribution in [1.82, 2.24) is 9.55 Å². The van der Waals surface area contributed by atoms with Crippen LogP contribution in [0.5, 0.6) is 0 Å². The summed E-state index contributed by atoms with van der Waals surface area (Å²) >= 11 is 1.81. The molecule has 0 amide bonds. The summed E-state index contributed by atoms with van der Waals surface area (Å²) in [5, 5.41) is 7.94. The Bertz CT molecular complexity index is 2330. The highest BCUT2D eigenvalue weighted by Crippen LogP contribution is 2.43. The zero-order valence-electron chi connectivity index (χ0n) is 23.8. The van der Waals surface area contributed by atoms with Gasteiger partial charge in [0.05, 0.1) is 33.5 Å². The van der Waals surface area contributed by atoms with Crippen LogP contribution in [0.25, 0.3) is 76.1 Å². The van der Waals surface area contributed by atoms with E-state index in [0.717, 1.165) is 17.8 Å². The van der Waals surface area contributed by atoms with Crippen LogP contribution >= 0.6 is 11.3 Å². The number of nitrogens with zero attached hydrogens (tertiary/aromatic N) is 2. The molecule has 0 aliphatic heterocycles. The van der Waals surface area contributed by atoms with E-state index in [0.29, 0.717) is 5.92 Å². The SMILES string of the molecule is CC1CC=Cc2c1c1ccccc1c1cc(-c3ccc(-c4ccc(-n5c6ccccc6c6ccccc65)cn4)s3)ccc21. The van der Waals surface area contributed by atoms with E-state index in [2.05, 4.69) is 139 Å². The van der Waals surface area contributed by atoms with Crippen LogP contribution in [0.4, 0.5) is 0 Å². The molecule has 1 unspecified atom stereocenters. The first-order valence-electron chi connectivity index (χ1n) is 14.9. The molecule has 3 aromatic heterocycles. The predicted molar refractivity (Wildman–Crippen MR) is 184 cm³/mol. The maximum atomic E-state index is 4.95. The fraction of sp³-hybridized carbons (Fsp3) is 0.0750. The molecule has 0 bridgehead atoms. The van der Waals surface area contributed by atoms with Crippen LogP contribution in [-0.4, -0.2) is 9.55 Å². The Balaban J connectivity index is 1.11. The Labute approximate surface area is 254 Å². The van der Waals surface area contributed by atoms with Gasteiger partial charge in [0.2, 0.25) is 0 Å². The topological polar surface area (TPSA) is 17.8 Å². The first kappa shape index (κ1) is 24.6. The Kier molecular flexibility index (Phi) is 5.44. The second-order valence-corrected chi connectivity index (χ2v) is 12.7. The third kappa shape index (κ3) is 3.75. The fourth-order valence-corrected chi connectivity index (χ4v) is 8.09. The van der Waals surface area contributed by atoms with E-state index < -0.39 is 0 Å². The van der Waals surface area contributed by atoms with Crippen molar-refractivity contribution in [3.8, 4) is 26.7 Å². The minimum atomic E-state index is 0.530. The average Bonchev–Trinajstić information content (AvgIpc) is 3.69. The van der Waals surface area contributed by atoms with Gasteiger partial charge in [-0.2, -0.15) is 0 Å². The number of rotatable bonds is 3. The number of hydrogen-bond donors (Lipinski definition) is 0. The molecule has 1 aliphatic rings. The summed E-state index contributed by atoms with van der Waals surface area (Å²) in [5.74, 6) is 0.530. The van der Waals surface area contributed by atoms with Crippen molar-refractivity contribution in [1.29, 1.82) is 0 Å². The number of pyridine rings is 1. The van der Waals surface area contributed by atoms with Crippen LogP contribution in [0.1, 0.15) is 30.4 Å². The second kappa shape index (κ2) is 9.52. The van der Waals surface area contributed by atoms with Crippen molar-refractivity contribution in [2.24, 2.45) is 0 Å². The number of benzene rings is 5. The van der Waals surface area contributed by atoms with Gasteiger partial charge in [-0.15, -0.1) is 11.3 Å². The monoisotopic (exact) mass is 568 g/mol. The summed E-state index contributed by atoms with van der Waals surface area (Å²) in [6.45, 7) is 2.35. The zero-order valence-corrected chi connectivity index (χ0v) is 24.6. The highest BCUT2D eigenvalue weighted by molar-refractivity contribution is 7.18. The van der Waals surface area contributed by atoms with E-state index in [4.69, 9.17) is 4.98 Å². The van der Waals surface area contributed by atoms with Gasteiger partial charge in [0.1, 0.15) is 0 Å². The fourth-order valence-electron chi connectivity index (χ4n) is 7.11. The number of allylic oxidation sites excluding steroid dienone is 1. The molecular formula is C40H28N2S. The number of para-hydroxylation sites is 2. The Morgan fingerprint density at radius 2 is 1.35 bits per heavy atom. The third-order valence-electron chi connectivity index (χ3n) is 9.10. The Morgan fingerprint density at radius 3 is 2.09 bits per heavy atom. The highest BCUT2D eigenvalue weighted by Gasteiger charge is 2.20. The van der Waals surface area contributed by atoms with Gasteiger partial charge in [0.15, 0.2) is 0 Å². The van der Waals surface area contributed by atoms with E-state index >= 15 is 0 Å². The lowest BCUT2D eigenvalue weighted by Gasteiger charge is -2.23. The van der Waals surface area contributed by atoms with Crippen molar-refractivity contribution in [3.05, 3.63) is 139 Å². The second-order valence-electron chi connectivity index (χ2n) is 11.6. The molecule has 0 spiro atoms. The third-order valence-corrected chi connectivity index (χ3v) is 10.3. The first-order chi connectivity index (χ1) is 21.2. The van der Waals surface area contributed by atoms with Gasteiger partial charge in [-0.3, -0.25) is 4.98 Å². The van der Waals surface area contributed by atoms with Crippen molar-refractivity contribution in [2.45, 2.75) is 19.3 Å².